The van der Waals surface area contributed by atoms with Crippen molar-refractivity contribution in [3.63, 3.8) is 0 Å². The summed E-state index contributed by atoms with van der Waals surface area (Å²) in [5, 5.41) is 2.86. The molecule has 1 N–H and O–H groups in total. The Kier molecular flexibility index (Phi) is 4.42. The van der Waals surface area contributed by atoms with Crippen LogP contribution in [0.5, 0.6) is 0 Å². The summed E-state index contributed by atoms with van der Waals surface area (Å²) in [5.74, 6) is 1.81. The van der Waals surface area contributed by atoms with Crippen molar-refractivity contribution in [1.29, 1.82) is 0 Å². The van der Waals surface area contributed by atoms with Crippen molar-refractivity contribution in [2.75, 3.05) is 5.75 Å². The predicted octanol–water partition coefficient (Wildman–Crippen LogP) is 2.84. The molecule has 0 aromatic heterocycles. The Morgan fingerprint density at radius 2 is 2.00 bits per heavy atom. The monoisotopic (exact) mass is 262 g/mol. The highest BCUT2D eigenvalue weighted by Crippen LogP contribution is 2.19. The average Bonchev–Trinajstić information content (AvgIpc) is 2.73. The highest BCUT2D eigenvalue weighted by molar-refractivity contribution is 7.99. The van der Waals surface area contributed by atoms with Crippen LogP contribution in [-0.2, 0) is 4.79 Å². The molecule has 0 aliphatic carbocycles. The highest BCUT2D eigenvalue weighted by atomic mass is 32.2. The van der Waals surface area contributed by atoms with Crippen LogP contribution in [0.2, 0.25) is 0 Å². The van der Waals surface area contributed by atoms with Crippen LogP contribution in [0.4, 0.5) is 0 Å². The normalized spacial score (nSPS) is 18.7. The maximum absolute atomic E-state index is 11.7. The van der Waals surface area contributed by atoms with E-state index in [0.717, 1.165) is 24.2 Å². The summed E-state index contributed by atoms with van der Waals surface area (Å²) >= 11 is 1.81. The molecule has 1 aromatic rings. The number of nitrogens with one attached hydrogen (secondary N) is 1. The zero-order valence-electron chi connectivity index (χ0n) is 10.8. The predicted molar refractivity (Wildman–Crippen MR) is 76.2 cm³/mol. The molecular formula is C14H18N2OS. The number of hydrogen-bond donors (Lipinski definition) is 1. The van der Waals surface area contributed by atoms with Gasteiger partial charge in [-0.1, -0.05) is 32.4 Å². The second-order valence-corrected chi connectivity index (χ2v) is 5.57. The first kappa shape index (κ1) is 13.1. The molecule has 0 saturated carbocycles. The van der Waals surface area contributed by atoms with Crippen molar-refractivity contribution in [2.45, 2.75) is 37.6 Å². The van der Waals surface area contributed by atoms with Gasteiger partial charge in [0.05, 0.1) is 0 Å². The fourth-order valence-electron chi connectivity index (χ4n) is 1.94. The second kappa shape index (κ2) is 6.05. The Bertz CT molecular complexity index is 453. The zero-order valence-corrected chi connectivity index (χ0v) is 11.6. The van der Waals surface area contributed by atoms with E-state index in [1.54, 1.807) is 0 Å². The lowest BCUT2D eigenvalue weighted by molar-refractivity contribution is -0.120. The largest absolute Gasteiger partial charge is 0.309 e. The van der Waals surface area contributed by atoms with E-state index in [1.807, 2.05) is 23.9 Å². The number of amidine groups is 1. The van der Waals surface area contributed by atoms with Crippen LogP contribution in [0.15, 0.2) is 34.2 Å². The first-order valence-corrected chi connectivity index (χ1v) is 7.35. The lowest BCUT2D eigenvalue weighted by Gasteiger charge is -2.02. The summed E-state index contributed by atoms with van der Waals surface area (Å²) < 4.78 is 0. The van der Waals surface area contributed by atoms with E-state index >= 15 is 0 Å². The Hall–Kier alpha value is -1.29. The molecule has 1 aliphatic heterocycles. The molecule has 0 fully saturated rings. The molecule has 0 radical (unpaired) electrons. The van der Waals surface area contributed by atoms with Gasteiger partial charge in [-0.25, -0.2) is 0 Å². The Labute approximate surface area is 112 Å². The van der Waals surface area contributed by atoms with Gasteiger partial charge in [0.1, 0.15) is 11.9 Å². The van der Waals surface area contributed by atoms with Gasteiger partial charge in [0, 0.05) is 10.5 Å². The molecular weight excluding hydrogens is 244 g/mol. The van der Waals surface area contributed by atoms with Gasteiger partial charge in [0.15, 0.2) is 0 Å². The molecule has 0 bridgehead atoms. The van der Waals surface area contributed by atoms with Crippen LogP contribution in [0, 0.1) is 0 Å². The molecule has 1 heterocycles. The quantitative estimate of drug-likeness (QED) is 0.829. The zero-order chi connectivity index (χ0) is 13.0. The molecule has 0 spiro atoms. The minimum absolute atomic E-state index is 0.0267. The summed E-state index contributed by atoms with van der Waals surface area (Å²) in [4.78, 5) is 17.4. The highest BCUT2D eigenvalue weighted by Gasteiger charge is 2.25. The summed E-state index contributed by atoms with van der Waals surface area (Å²) in [6, 6.07) is 7.99. The van der Waals surface area contributed by atoms with Gasteiger partial charge in [-0.05, 0) is 24.3 Å². The molecule has 4 heteroatoms. The smallest absolute Gasteiger partial charge is 0.250 e. The van der Waals surface area contributed by atoms with Crippen LogP contribution in [0.1, 0.15) is 32.3 Å². The fourth-order valence-corrected chi connectivity index (χ4v) is 2.60. The average molecular weight is 262 g/mol. The maximum atomic E-state index is 11.7. The van der Waals surface area contributed by atoms with Gasteiger partial charge in [-0.2, -0.15) is 0 Å². The van der Waals surface area contributed by atoms with E-state index in [2.05, 4.69) is 36.3 Å². The molecule has 18 heavy (non-hydrogen) atoms. The fraction of sp³-hybridized carbons (Fsp3) is 0.429. The van der Waals surface area contributed by atoms with E-state index in [0.29, 0.717) is 5.84 Å². The van der Waals surface area contributed by atoms with Crippen molar-refractivity contribution in [1.82, 2.24) is 5.32 Å². The van der Waals surface area contributed by atoms with E-state index in [4.69, 9.17) is 0 Å². The molecule has 96 valence electrons. The van der Waals surface area contributed by atoms with Crippen molar-refractivity contribution in [2.24, 2.45) is 4.99 Å². The third-order valence-corrected chi connectivity index (χ3v) is 3.72. The summed E-state index contributed by atoms with van der Waals surface area (Å²) in [6.07, 6.45) is 1.79. The number of amides is 1. The van der Waals surface area contributed by atoms with E-state index in [-0.39, 0.29) is 11.9 Å². The van der Waals surface area contributed by atoms with Crippen LogP contribution in [0.25, 0.3) is 0 Å². The van der Waals surface area contributed by atoms with Gasteiger partial charge in [-0.15, -0.1) is 11.8 Å². The number of nitrogens with zero attached hydrogens (tertiary/aromatic N) is 1. The maximum Gasteiger partial charge on any atom is 0.250 e. The van der Waals surface area contributed by atoms with Gasteiger partial charge in [-0.3, -0.25) is 9.79 Å². The first-order valence-electron chi connectivity index (χ1n) is 6.36. The molecule has 1 aliphatic rings. The topological polar surface area (TPSA) is 41.5 Å². The van der Waals surface area contributed by atoms with E-state index < -0.39 is 0 Å². The minimum Gasteiger partial charge on any atom is -0.309 e. The molecule has 1 amide bonds. The summed E-state index contributed by atoms with van der Waals surface area (Å²) in [6.45, 7) is 4.20. The summed E-state index contributed by atoms with van der Waals surface area (Å²) in [5.41, 5.74) is 0.988. The van der Waals surface area contributed by atoms with E-state index in [1.165, 1.54) is 4.90 Å². The van der Waals surface area contributed by atoms with Crippen LogP contribution in [0.3, 0.4) is 0 Å². The molecule has 3 nitrogen and oxygen atoms in total. The number of aliphatic imine (C=N–C) groups is 1. The summed E-state index contributed by atoms with van der Waals surface area (Å²) in [7, 11) is 0. The van der Waals surface area contributed by atoms with Crippen LogP contribution < -0.4 is 5.32 Å². The lowest BCUT2D eigenvalue weighted by Crippen LogP contribution is -2.29. The Balaban J connectivity index is 2.12. The van der Waals surface area contributed by atoms with Crippen LogP contribution >= 0.6 is 11.8 Å². The number of rotatable bonds is 5. The van der Waals surface area contributed by atoms with Gasteiger partial charge in [0.25, 0.3) is 0 Å². The molecule has 1 unspecified atom stereocenters. The minimum atomic E-state index is -0.199. The van der Waals surface area contributed by atoms with Crippen molar-refractivity contribution < 1.29 is 4.79 Å². The second-order valence-electron chi connectivity index (χ2n) is 4.23. The number of hydrogen-bond acceptors (Lipinski definition) is 3. The third-order valence-electron chi connectivity index (χ3n) is 2.83. The molecule has 1 atom stereocenters. The first-order chi connectivity index (χ1) is 8.74. The van der Waals surface area contributed by atoms with Crippen LogP contribution in [-0.4, -0.2) is 23.5 Å². The Morgan fingerprint density at radius 3 is 2.61 bits per heavy atom. The SMILES string of the molecule is CCCC1N=C(c2ccc(SCC)cc2)NC1=O. The number of thioether (sulfide) groups is 1. The number of carbonyl (C=O) groups excluding carboxylic acids is 1. The van der Waals surface area contributed by atoms with Gasteiger partial charge < -0.3 is 5.32 Å². The lowest BCUT2D eigenvalue weighted by atomic mass is 10.2. The molecule has 2 rings (SSSR count). The molecule has 0 saturated heterocycles. The third kappa shape index (κ3) is 2.93. The molecule has 1 aromatic carbocycles. The van der Waals surface area contributed by atoms with Gasteiger partial charge >= 0.3 is 0 Å². The standard InChI is InChI=1S/C14H18N2OS/c1-3-5-12-14(17)16-13(15-12)10-6-8-11(9-7-10)18-4-2/h6-9,12H,3-5H2,1-2H3,(H,15,16,17). The van der Waals surface area contributed by atoms with Crippen molar-refractivity contribution in [3.05, 3.63) is 29.8 Å². The van der Waals surface area contributed by atoms with Crippen molar-refractivity contribution >= 4 is 23.5 Å². The number of carbonyl (C=O) groups is 1. The van der Waals surface area contributed by atoms with E-state index in [9.17, 15) is 4.79 Å². The Morgan fingerprint density at radius 1 is 1.28 bits per heavy atom. The van der Waals surface area contributed by atoms with Gasteiger partial charge in [0.2, 0.25) is 5.91 Å². The van der Waals surface area contributed by atoms with Crippen molar-refractivity contribution in [3.8, 4) is 0 Å². The number of benzene rings is 1.